The highest BCUT2D eigenvalue weighted by Crippen LogP contribution is 2.30. The van der Waals surface area contributed by atoms with Gasteiger partial charge < -0.3 is 15.3 Å². The second-order valence-electron chi connectivity index (χ2n) is 3.32. The summed E-state index contributed by atoms with van der Waals surface area (Å²) in [6.45, 7) is 0. The summed E-state index contributed by atoms with van der Waals surface area (Å²) in [4.78, 5) is 20.8. The minimum Gasteiger partial charge on any atom is -0.478 e. The fourth-order valence-corrected chi connectivity index (χ4v) is 1.44. The van der Waals surface area contributed by atoms with Crippen LogP contribution in [-0.2, 0) is 0 Å². The number of nitrogens with zero attached hydrogens (tertiary/aromatic N) is 2. The minimum absolute atomic E-state index is 0.536. The summed E-state index contributed by atoms with van der Waals surface area (Å²) >= 11 is 0. The summed E-state index contributed by atoms with van der Waals surface area (Å²) in [5, 5.41) is 46.8. The van der Waals surface area contributed by atoms with E-state index < -0.39 is 39.9 Å². The third-order valence-corrected chi connectivity index (χ3v) is 2.24. The third kappa shape index (κ3) is 2.42. The van der Waals surface area contributed by atoms with E-state index in [-0.39, 0.29) is 0 Å². The monoisotopic (exact) mass is 252 g/mol. The second kappa shape index (κ2) is 5.22. The highest BCUT2D eigenvalue weighted by molar-refractivity contribution is 5.91. The quantitative estimate of drug-likeness (QED) is 0.394. The Kier molecular flexibility index (Phi) is 3.93. The first-order valence-electron chi connectivity index (χ1n) is 4.66. The molecule has 0 aromatic heterocycles. The van der Waals surface area contributed by atoms with E-state index >= 15 is 0 Å². The van der Waals surface area contributed by atoms with Gasteiger partial charge in [-0.25, -0.2) is 4.79 Å². The van der Waals surface area contributed by atoms with Crippen LogP contribution >= 0.6 is 0 Å². The number of hydrogen-bond acceptors (Lipinski definition) is 6. The van der Waals surface area contributed by atoms with Gasteiger partial charge in [0.25, 0.3) is 5.69 Å². The van der Waals surface area contributed by atoms with Gasteiger partial charge in [-0.15, -0.1) is 0 Å². The normalized spacial score (nSPS) is 13.4. The lowest BCUT2D eigenvalue weighted by molar-refractivity contribution is -0.386. The van der Waals surface area contributed by atoms with Crippen LogP contribution in [0.25, 0.3) is 0 Å². The largest absolute Gasteiger partial charge is 0.478 e. The molecular weight excluding hydrogens is 244 g/mol. The van der Waals surface area contributed by atoms with Crippen molar-refractivity contribution in [1.29, 1.82) is 5.26 Å². The molecule has 0 aliphatic rings. The summed E-state index contributed by atoms with van der Waals surface area (Å²) < 4.78 is 0. The molecule has 0 aliphatic carbocycles. The Balaban J connectivity index is 3.51. The molecular formula is C10H8N2O6. The zero-order chi connectivity index (χ0) is 13.9. The van der Waals surface area contributed by atoms with Crippen LogP contribution in [0.3, 0.4) is 0 Å². The highest BCUT2D eigenvalue weighted by Gasteiger charge is 2.31. The van der Waals surface area contributed by atoms with E-state index in [1.54, 1.807) is 0 Å². The van der Waals surface area contributed by atoms with Gasteiger partial charge in [0.15, 0.2) is 6.10 Å². The molecule has 0 spiro atoms. The first kappa shape index (κ1) is 13.6. The summed E-state index contributed by atoms with van der Waals surface area (Å²) in [5.74, 6) is -1.50. The number of nitro benzene ring substituents is 1. The van der Waals surface area contributed by atoms with Crippen molar-refractivity contribution in [1.82, 2.24) is 0 Å². The van der Waals surface area contributed by atoms with Crippen LogP contribution < -0.4 is 0 Å². The van der Waals surface area contributed by atoms with Crippen molar-refractivity contribution in [2.75, 3.05) is 0 Å². The molecule has 2 atom stereocenters. The van der Waals surface area contributed by atoms with Gasteiger partial charge in [0.05, 0.1) is 22.1 Å². The lowest BCUT2D eigenvalue weighted by atomic mass is 9.97. The summed E-state index contributed by atoms with van der Waals surface area (Å²) in [6.07, 6.45) is -3.92. The lowest BCUT2D eigenvalue weighted by Gasteiger charge is -2.14. The van der Waals surface area contributed by atoms with Gasteiger partial charge in [0.2, 0.25) is 0 Å². The number of benzene rings is 1. The fourth-order valence-electron chi connectivity index (χ4n) is 1.44. The van der Waals surface area contributed by atoms with Gasteiger partial charge in [-0.05, 0) is 6.07 Å². The summed E-state index contributed by atoms with van der Waals surface area (Å²) in [5.41, 5.74) is -1.80. The van der Waals surface area contributed by atoms with Crippen LogP contribution in [0.1, 0.15) is 22.0 Å². The van der Waals surface area contributed by atoms with Crippen molar-refractivity contribution in [2.24, 2.45) is 0 Å². The molecule has 0 radical (unpaired) electrons. The molecule has 0 bridgehead atoms. The van der Waals surface area contributed by atoms with Gasteiger partial charge in [-0.2, -0.15) is 5.26 Å². The predicted molar refractivity (Wildman–Crippen MR) is 56.6 cm³/mol. The number of carboxylic acids is 1. The standard InChI is InChI=1S/C10H8N2O6/c11-4-7(13)9(14)8-5(10(15)16)2-1-3-6(8)12(17)18/h1-3,7,9,13-14H,(H,15,16). The zero-order valence-electron chi connectivity index (χ0n) is 8.85. The number of carboxylic acid groups (broad SMARTS) is 1. The topological polar surface area (TPSA) is 145 Å². The van der Waals surface area contributed by atoms with Crippen LogP contribution in [0.15, 0.2) is 18.2 Å². The Morgan fingerprint density at radius 1 is 1.44 bits per heavy atom. The number of aliphatic hydroxyl groups is 2. The fraction of sp³-hybridized carbons (Fsp3) is 0.200. The van der Waals surface area contributed by atoms with Gasteiger partial charge >= 0.3 is 5.97 Å². The summed E-state index contributed by atoms with van der Waals surface area (Å²) in [6, 6.07) is 4.44. The molecule has 0 fully saturated rings. The Bertz CT molecular complexity index is 503. The van der Waals surface area contributed by atoms with Crippen molar-refractivity contribution in [3.63, 3.8) is 0 Å². The minimum atomic E-state index is -1.97. The number of nitro groups is 1. The zero-order valence-corrected chi connectivity index (χ0v) is 8.85. The van der Waals surface area contributed by atoms with E-state index in [2.05, 4.69) is 0 Å². The molecule has 18 heavy (non-hydrogen) atoms. The molecule has 0 aliphatic heterocycles. The number of aromatic carboxylic acids is 1. The molecule has 0 saturated heterocycles. The van der Waals surface area contributed by atoms with Gasteiger partial charge in [-0.3, -0.25) is 10.1 Å². The molecule has 0 amide bonds. The third-order valence-electron chi connectivity index (χ3n) is 2.24. The van der Waals surface area contributed by atoms with Crippen molar-refractivity contribution in [3.05, 3.63) is 39.4 Å². The maximum Gasteiger partial charge on any atom is 0.336 e. The molecule has 1 aromatic carbocycles. The Morgan fingerprint density at radius 3 is 2.50 bits per heavy atom. The van der Waals surface area contributed by atoms with Crippen molar-refractivity contribution >= 4 is 11.7 Å². The second-order valence-corrected chi connectivity index (χ2v) is 3.32. The Hall–Kier alpha value is -2.50. The molecule has 1 rings (SSSR count). The van der Waals surface area contributed by atoms with E-state index in [1.807, 2.05) is 0 Å². The van der Waals surface area contributed by atoms with E-state index in [4.69, 9.17) is 15.5 Å². The van der Waals surface area contributed by atoms with Crippen LogP contribution in [-0.4, -0.2) is 32.3 Å². The molecule has 0 saturated carbocycles. The maximum absolute atomic E-state index is 10.9. The number of rotatable bonds is 4. The SMILES string of the molecule is N#CC(O)C(O)c1c(C(=O)O)cccc1[N+](=O)[O-]. The Labute approximate surface area is 100 Å². The molecule has 8 heteroatoms. The number of carbonyl (C=O) groups is 1. The highest BCUT2D eigenvalue weighted by atomic mass is 16.6. The lowest BCUT2D eigenvalue weighted by Crippen LogP contribution is -2.20. The number of hydrogen-bond donors (Lipinski definition) is 3. The van der Waals surface area contributed by atoms with Gasteiger partial charge in [0, 0.05) is 6.07 Å². The number of aliphatic hydroxyl groups excluding tert-OH is 2. The van der Waals surface area contributed by atoms with E-state index in [1.165, 1.54) is 6.07 Å². The van der Waals surface area contributed by atoms with Gasteiger partial charge in [-0.1, -0.05) is 6.07 Å². The van der Waals surface area contributed by atoms with E-state index in [9.17, 15) is 20.0 Å². The molecule has 0 heterocycles. The van der Waals surface area contributed by atoms with Crippen LogP contribution in [0.2, 0.25) is 0 Å². The van der Waals surface area contributed by atoms with E-state index in [0.717, 1.165) is 18.2 Å². The summed E-state index contributed by atoms with van der Waals surface area (Å²) in [7, 11) is 0. The van der Waals surface area contributed by atoms with E-state index in [0.29, 0.717) is 0 Å². The Morgan fingerprint density at radius 2 is 2.06 bits per heavy atom. The molecule has 8 nitrogen and oxygen atoms in total. The predicted octanol–water partition coefficient (Wildman–Crippen LogP) is 0.211. The van der Waals surface area contributed by atoms with Crippen molar-refractivity contribution in [2.45, 2.75) is 12.2 Å². The molecule has 94 valence electrons. The number of nitriles is 1. The van der Waals surface area contributed by atoms with Crippen molar-refractivity contribution < 1.29 is 25.0 Å². The van der Waals surface area contributed by atoms with Gasteiger partial charge in [0.1, 0.15) is 6.10 Å². The van der Waals surface area contributed by atoms with Crippen LogP contribution in [0, 0.1) is 21.4 Å². The average molecular weight is 252 g/mol. The van der Waals surface area contributed by atoms with Crippen LogP contribution in [0.5, 0.6) is 0 Å². The smallest absolute Gasteiger partial charge is 0.336 e. The molecule has 1 aromatic rings. The first-order chi connectivity index (χ1) is 8.40. The average Bonchev–Trinajstić information content (AvgIpc) is 2.35. The van der Waals surface area contributed by atoms with Crippen molar-refractivity contribution in [3.8, 4) is 6.07 Å². The maximum atomic E-state index is 10.9. The molecule has 3 N–H and O–H groups in total. The molecule has 2 unspecified atom stereocenters. The first-order valence-corrected chi connectivity index (χ1v) is 4.66. The van der Waals surface area contributed by atoms with Crippen LogP contribution in [0.4, 0.5) is 5.69 Å².